The first-order valence-corrected chi connectivity index (χ1v) is 11.7. The Bertz CT molecular complexity index is 915. The third-order valence-electron chi connectivity index (χ3n) is 3.75. The van der Waals surface area contributed by atoms with Crippen molar-refractivity contribution in [1.82, 2.24) is 4.72 Å². The number of ketones is 1. The second kappa shape index (κ2) is 8.58. The average molecular weight is 551 g/mol. The molecule has 0 heterocycles. The SMILES string of the molecule is CCCOC1(NS(=O)(=O)c2ccc(Cl)cc2)C(Cl)=C(Cl)C(=O)C(Cl)(Cl)C1(Cl)Cl. The van der Waals surface area contributed by atoms with Crippen LogP contribution in [-0.4, -0.2) is 35.2 Å². The largest absolute Gasteiger partial charge is 0.351 e. The van der Waals surface area contributed by atoms with Gasteiger partial charge < -0.3 is 4.74 Å². The van der Waals surface area contributed by atoms with Gasteiger partial charge in [0.05, 0.1) is 9.93 Å². The summed E-state index contributed by atoms with van der Waals surface area (Å²) in [5.41, 5.74) is -2.46. The predicted octanol–water partition coefficient (Wildman–Crippen LogP) is 5.36. The van der Waals surface area contributed by atoms with Gasteiger partial charge in [-0.2, -0.15) is 4.72 Å². The maximum Gasteiger partial charge on any atom is 0.243 e. The number of rotatable bonds is 6. The standard InChI is InChI=1S/C15H12Cl7NO4S/c1-2-7-27-14(23-28(25,26)9-5-3-8(16)4-6-9)11(18)10(17)12(24)13(19,20)15(14,21)22/h3-6,23H,2,7H2,1H3. The van der Waals surface area contributed by atoms with Gasteiger partial charge in [0.15, 0.2) is 0 Å². The summed E-state index contributed by atoms with van der Waals surface area (Å²) in [5, 5.41) is -0.963. The van der Waals surface area contributed by atoms with Crippen LogP contribution >= 0.6 is 81.2 Å². The monoisotopic (exact) mass is 547 g/mol. The van der Waals surface area contributed by atoms with E-state index in [1.54, 1.807) is 6.92 Å². The van der Waals surface area contributed by atoms with Crippen LogP contribution in [0.4, 0.5) is 0 Å². The number of carbonyl (C=O) groups is 1. The zero-order valence-corrected chi connectivity index (χ0v) is 20.0. The van der Waals surface area contributed by atoms with Crippen molar-refractivity contribution in [2.24, 2.45) is 0 Å². The minimum atomic E-state index is -4.37. The molecule has 13 heteroatoms. The Morgan fingerprint density at radius 2 is 1.57 bits per heavy atom. The number of halogens is 7. The van der Waals surface area contributed by atoms with Crippen LogP contribution in [0.3, 0.4) is 0 Å². The number of allylic oxidation sites excluding steroid dienone is 1. The van der Waals surface area contributed by atoms with Gasteiger partial charge in [0, 0.05) is 11.6 Å². The van der Waals surface area contributed by atoms with Crippen LogP contribution in [0.2, 0.25) is 5.02 Å². The van der Waals surface area contributed by atoms with E-state index in [0.29, 0.717) is 11.4 Å². The minimum absolute atomic E-state index is 0.0806. The van der Waals surface area contributed by atoms with E-state index in [2.05, 4.69) is 4.72 Å². The first-order chi connectivity index (χ1) is 12.7. The molecule has 1 aromatic carbocycles. The van der Waals surface area contributed by atoms with Crippen LogP contribution in [-0.2, 0) is 19.6 Å². The molecule has 0 aliphatic heterocycles. The van der Waals surface area contributed by atoms with Gasteiger partial charge in [-0.05, 0) is 30.7 Å². The van der Waals surface area contributed by atoms with E-state index < -0.39 is 40.3 Å². The molecule has 2 rings (SSSR count). The van der Waals surface area contributed by atoms with E-state index in [9.17, 15) is 13.2 Å². The molecule has 0 saturated carbocycles. The van der Waals surface area contributed by atoms with Crippen LogP contribution in [0.1, 0.15) is 13.3 Å². The number of hydrogen-bond acceptors (Lipinski definition) is 4. The molecule has 1 unspecified atom stereocenters. The van der Waals surface area contributed by atoms with Gasteiger partial charge in [0.25, 0.3) is 0 Å². The molecule has 1 aromatic rings. The van der Waals surface area contributed by atoms with Crippen molar-refractivity contribution in [3.8, 4) is 0 Å². The Balaban J connectivity index is 2.72. The Morgan fingerprint density at radius 3 is 2.07 bits per heavy atom. The lowest BCUT2D eigenvalue weighted by atomic mass is 9.95. The molecular weight excluding hydrogens is 538 g/mol. The maximum absolute atomic E-state index is 13.0. The number of sulfonamides is 1. The molecular formula is C15H12Cl7NO4S. The smallest absolute Gasteiger partial charge is 0.243 e. The lowest BCUT2D eigenvalue weighted by molar-refractivity contribution is -0.120. The fourth-order valence-electron chi connectivity index (χ4n) is 2.30. The Hall–Kier alpha value is 0.530. The minimum Gasteiger partial charge on any atom is -0.351 e. The van der Waals surface area contributed by atoms with Crippen molar-refractivity contribution in [3.05, 3.63) is 39.4 Å². The molecule has 1 aliphatic rings. The topological polar surface area (TPSA) is 72.5 Å². The number of alkyl halides is 4. The summed E-state index contributed by atoms with van der Waals surface area (Å²) in [6.45, 7) is 1.65. The van der Waals surface area contributed by atoms with Crippen LogP contribution < -0.4 is 4.72 Å². The van der Waals surface area contributed by atoms with Gasteiger partial charge in [0.2, 0.25) is 30.2 Å². The summed E-state index contributed by atoms with van der Waals surface area (Å²) in [5.74, 6) is -1.10. The Labute approximate surface area is 197 Å². The highest BCUT2D eigenvalue weighted by molar-refractivity contribution is 7.89. The zero-order chi connectivity index (χ0) is 21.5. The first kappa shape index (κ1) is 24.8. The summed E-state index contributed by atoms with van der Waals surface area (Å²) in [6.07, 6.45) is 0.404. The van der Waals surface area contributed by atoms with Crippen molar-refractivity contribution in [3.63, 3.8) is 0 Å². The molecule has 0 saturated heterocycles. The number of hydrogen-bond donors (Lipinski definition) is 1. The summed E-state index contributed by atoms with van der Waals surface area (Å²) >= 11 is 42.8. The van der Waals surface area contributed by atoms with Crippen molar-refractivity contribution < 1.29 is 17.9 Å². The van der Waals surface area contributed by atoms with Gasteiger partial charge in [-0.15, -0.1) is 0 Å². The predicted molar refractivity (Wildman–Crippen MR) is 113 cm³/mol. The van der Waals surface area contributed by atoms with E-state index >= 15 is 0 Å². The number of benzene rings is 1. The summed E-state index contributed by atoms with van der Waals surface area (Å²) in [4.78, 5) is 12.1. The van der Waals surface area contributed by atoms with E-state index in [4.69, 9.17) is 85.9 Å². The molecule has 1 aliphatic carbocycles. The Kier molecular flexibility index (Phi) is 7.60. The third-order valence-corrected chi connectivity index (χ3v) is 8.76. The highest BCUT2D eigenvalue weighted by Gasteiger charge is 2.72. The zero-order valence-electron chi connectivity index (χ0n) is 13.9. The molecule has 1 N–H and O–H groups in total. The van der Waals surface area contributed by atoms with Crippen molar-refractivity contribution >= 4 is 97.0 Å². The van der Waals surface area contributed by atoms with E-state index in [1.807, 2.05) is 0 Å². The quantitative estimate of drug-likeness (QED) is 0.383. The molecule has 0 bridgehead atoms. The van der Waals surface area contributed by atoms with E-state index in [-0.39, 0.29) is 11.5 Å². The first-order valence-electron chi connectivity index (χ1n) is 7.54. The van der Waals surface area contributed by atoms with Crippen LogP contribution in [0.25, 0.3) is 0 Å². The van der Waals surface area contributed by atoms with Crippen molar-refractivity contribution in [2.75, 3.05) is 6.61 Å². The highest BCUT2D eigenvalue weighted by atomic mass is 35.5. The second-order valence-electron chi connectivity index (χ2n) is 5.69. The number of nitrogens with one attached hydrogen (secondary N) is 1. The molecule has 0 fully saturated rings. The van der Waals surface area contributed by atoms with Gasteiger partial charge in [0.1, 0.15) is 5.03 Å². The summed E-state index contributed by atoms with van der Waals surface area (Å²) in [6, 6.07) is 5.16. The maximum atomic E-state index is 13.0. The van der Waals surface area contributed by atoms with E-state index in [1.165, 1.54) is 24.3 Å². The average Bonchev–Trinajstić information content (AvgIpc) is 2.62. The van der Waals surface area contributed by atoms with Gasteiger partial charge >= 0.3 is 0 Å². The van der Waals surface area contributed by atoms with Crippen molar-refractivity contribution in [1.29, 1.82) is 0 Å². The molecule has 0 radical (unpaired) electrons. The molecule has 0 amide bonds. The van der Waals surface area contributed by atoms with Crippen LogP contribution in [0.15, 0.2) is 39.2 Å². The van der Waals surface area contributed by atoms with Gasteiger partial charge in [-0.25, -0.2) is 8.42 Å². The molecule has 28 heavy (non-hydrogen) atoms. The van der Waals surface area contributed by atoms with Crippen LogP contribution in [0, 0.1) is 0 Å². The lowest BCUT2D eigenvalue weighted by Gasteiger charge is -2.49. The van der Waals surface area contributed by atoms with Gasteiger partial charge in [-0.3, -0.25) is 4.79 Å². The van der Waals surface area contributed by atoms with E-state index in [0.717, 1.165) is 0 Å². The third kappa shape index (κ3) is 4.03. The number of carbonyl (C=O) groups excluding carboxylic acids is 1. The lowest BCUT2D eigenvalue weighted by Crippen LogP contribution is -2.71. The molecule has 156 valence electrons. The highest BCUT2D eigenvalue weighted by Crippen LogP contribution is 2.59. The molecule has 0 spiro atoms. The summed E-state index contributed by atoms with van der Waals surface area (Å²) < 4.78 is 28.5. The number of Topliss-reactive ketones (excluding diaryl/α,β-unsaturated/α-hetero) is 1. The second-order valence-corrected chi connectivity index (χ2v) is 11.2. The van der Waals surface area contributed by atoms with Crippen LogP contribution in [0.5, 0.6) is 0 Å². The fraction of sp³-hybridized carbons (Fsp3) is 0.400. The summed E-state index contributed by atoms with van der Waals surface area (Å²) in [7, 11) is -4.37. The van der Waals surface area contributed by atoms with Crippen molar-refractivity contribution in [2.45, 2.75) is 32.6 Å². The van der Waals surface area contributed by atoms with Gasteiger partial charge in [-0.1, -0.05) is 88.1 Å². The number of ether oxygens (including phenoxy) is 1. The Morgan fingerprint density at radius 1 is 1.04 bits per heavy atom. The fourth-order valence-corrected chi connectivity index (χ4v) is 5.72. The molecule has 5 nitrogen and oxygen atoms in total. The molecule has 1 atom stereocenters. The normalized spacial score (nSPS) is 24.5. The molecule has 0 aromatic heterocycles.